The number of carboxylic acid groups (broad SMARTS) is 2. The molecule has 4 heterocycles. The van der Waals surface area contributed by atoms with Crippen LogP contribution in [0.2, 0.25) is 5.15 Å². The van der Waals surface area contributed by atoms with Crippen molar-refractivity contribution in [2.45, 2.75) is 31.0 Å². The lowest BCUT2D eigenvalue weighted by molar-refractivity contribution is -0.165. The number of aromatic nitrogens is 2. The van der Waals surface area contributed by atoms with Crippen LogP contribution >= 0.6 is 11.6 Å². The summed E-state index contributed by atoms with van der Waals surface area (Å²) < 4.78 is 0. The van der Waals surface area contributed by atoms with Gasteiger partial charge in [-0.2, -0.15) is 0 Å². The summed E-state index contributed by atoms with van der Waals surface area (Å²) in [5, 5.41) is 33.0. The number of hydrogen-bond acceptors (Lipinski definition) is 7. The van der Waals surface area contributed by atoms with Gasteiger partial charge in [0.2, 0.25) is 0 Å². The van der Waals surface area contributed by atoms with Crippen molar-refractivity contribution in [3.05, 3.63) is 23.2 Å². The van der Waals surface area contributed by atoms with Crippen LogP contribution in [0.5, 0.6) is 0 Å². The molecule has 3 saturated heterocycles. The highest BCUT2D eigenvalue weighted by atomic mass is 35.5. The van der Waals surface area contributed by atoms with Gasteiger partial charge in [-0.15, -0.1) is 0 Å². The number of aliphatic hydroxyl groups is 2. The average molecular weight is 374 g/mol. The molecule has 1 aromatic heterocycles. The molecule has 138 valence electrons. The van der Waals surface area contributed by atoms with Crippen LogP contribution in [0.3, 0.4) is 0 Å². The molecule has 0 radical (unpaired) electrons. The fourth-order valence-corrected chi connectivity index (χ4v) is 3.26. The maximum absolute atomic E-state index is 9.77. The highest BCUT2D eigenvalue weighted by molar-refractivity contribution is 6.29. The molecular formula is C15H20ClN3O6. The van der Waals surface area contributed by atoms with Gasteiger partial charge in [-0.1, -0.05) is 11.6 Å². The molecular weight excluding hydrogens is 354 g/mol. The van der Waals surface area contributed by atoms with Gasteiger partial charge in [0, 0.05) is 18.7 Å². The first kappa shape index (κ1) is 19.5. The van der Waals surface area contributed by atoms with Crippen LogP contribution in [0, 0.1) is 5.92 Å². The lowest BCUT2D eigenvalue weighted by Gasteiger charge is -2.44. The Labute approximate surface area is 148 Å². The largest absolute Gasteiger partial charge is 0.479 e. The summed E-state index contributed by atoms with van der Waals surface area (Å²) in [5.41, 5.74) is 1.08. The van der Waals surface area contributed by atoms with Crippen molar-refractivity contribution < 1.29 is 30.0 Å². The smallest absolute Gasteiger partial charge is 0.335 e. The fraction of sp³-hybridized carbons (Fsp3) is 0.600. The van der Waals surface area contributed by atoms with Gasteiger partial charge >= 0.3 is 11.9 Å². The van der Waals surface area contributed by atoms with E-state index >= 15 is 0 Å². The highest BCUT2D eigenvalue weighted by Gasteiger charge is 2.35. The maximum Gasteiger partial charge on any atom is 0.335 e. The van der Waals surface area contributed by atoms with Crippen molar-refractivity contribution in [2.75, 3.05) is 19.6 Å². The van der Waals surface area contributed by atoms with E-state index in [-0.39, 0.29) is 0 Å². The number of piperidine rings is 3. The van der Waals surface area contributed by atoms with E-state index in [2.05, 4.69) is 14.9 Å². The molecule has 10 heteroatoms. The zero-order valence-corrected chi connectivity index (χ0v) is 14.1. The van der Waals surface area contributed by atoms with E-state index in [1.54, 1.807) is 6.20 Å². The summed E-state index contributed by atoms with van der Waals surface area (Å²) in [4.78, 5) is 30.6. The summed E-state index contributed by atoms with van der Waals surface area (Å²) >= 11 is 5.88. The molecule has 1 aromatic rings. The number of halogens is 1. The van der Waals surface area contributed by atoms with E-state index in [4.69, 9.17) is 32.0 Å². The number of hydrogen-bond donors (Lipinski definition) is 4. The summed E-state index contributed by atoms with van der Waals surface area (Å²) in [7, 11) is 0. The van der Waals surface area contributed by atoms with Gasteiger partial charge in [-0.25, -0.2) is 14.6 Å². The first-order valence-corrected chi connectivity index (χ1v) is 8.19. The predicted octanol–water partition coefficient (Wildman–Crippen LogP) is -0.183. The number of carboxylic acids is 2. The van der Waals surface area contributed by atoms with Gasteiger partial charge in [-0.05, 0) is 31.8 Å². The summed E-state index contributed by atoms with van der Waals surface area (Å²) in [6, 6.07) is 0. The number of aliphatic hydroxyl groups excluding tert-OH is 2. The summed E-state index contributed by atoms with van der Waals surface area (Å²) in [5.74, 6) is -2.19. The van der Waals surface area contributed by atoms with E-state index < -0.39 is 24.1 Å². The molecule has 0 amide bonds. The molecule has 0 aliphatic carbocycles. The SMILES string of the molecule is Clc1cncc([C@H]2CN3CCC2CC3)n1.O=C(O)C(O)C(O)C(=O)O. The molecule has 3 aliphatic heterocycles. The molecule has 4 N–H and O–H groups in total. The van der Waals surface area contributed by atoms with Crippen LogP contribution in [0.25, 0.3) is 0 Å². The van der Waals surface area contributed by atoms with Gasteiger partial charge in [-0.3, -0.25) is 4.98 Å². The first-order valence-electron chi connectivity index (χ1n) is 7.81. The fourth-order valence-electron chi connectivity index (χ4n) is 3.11. The summed E-state index contributed by atoms with van der Waals surface area (Å²) in [6.07, 6.45) is 1.55. The molecule has 0 saturated carbocycles. The molecule has 3 atom stereocenters. The third kappa shape index (κ3) is 5.08. The molecule has 4 rings (SSSR count). The molecule has 25 heavy (non-hydrogen) atoms. The highest BCUT2D eigenvalue weighted by Crippen LogP contribution is 2.38. The maximum atomic E-state index is 9.77. The Morgan fingerprint density at radius 2 is 1.68 bits per heavy atom. The summed E-state index contributed by atoms with van der Waals surface area (Å²) in [6.45, 7) is 3.66. The number of carbonyl (C=O) groups is 2. The van der Waals surface area contributed by atoms with Crippen molar-refractivity contribution >= 4 is 23.5 Å². The second-order valence-corrected chi connectivity index (χ2v) is 6.46. The monoisotopic (exact) mass is 373 g/mol. The third-order valence-corrected chi connectivity index (χ3v) is 4.65. The third-order valence-electron chi connectivity index (χ3n) is 4.46. The Kier molecular flexibility index (Phi) is 6.65. The minimum absolute atomic E-state index is 0.518. The Bertz CT molecular complexity index is 605. The first-order chi connectivity index (χ1) is 11.8. The molecule has 0 aromatic carbocycles. The van der Waals surface area contributed by atoms with E-state index in [0.29, 0.717) is 11.1 Å². The topological polar surface area (TPSA) is 144 Å². The standard InChI is InChI=1S/C11H14ClN3.C4H6O6/c12-11-6-13-5-10(14-11)9-7-15-3-1-8(9)2-4-15;5-1(3(7)8)2(6)4(9)10/h5-6,8-9H,1-4,7H2;1-2,5-6H,(H,7,8)(H,9,10)/t9-;/m0./s1. The van der Waals surface area contributed by atoms with Crippen LogP contribution in [0.15, 0.2) is 12.4 Å². The van der Waals surface area contributed by atoms with E-state index in [9.17, 15) is 9.59 Å². The Balaban J connectivity index is 0.000000199. The van der Waals surface area contributed by atoms with Crippen LogP contribution in [0.1, 0.15) is 24.5 Å². The number of fused-ring (bicyclic) bond motifs is 3. The number of aliphatic carboxylic acids is 2. The van der Waals surface area contributed by atoms with Gasteiger partial charge in [0.25, 0.3) is 0 Å². The van der Waals surface area contributed by atoms with E-state index in [0.717, 1.165) is 18.2 Å². The van der Waals surface area contributed by atoms with Crippen molar-refractivity contribution in [3.63, 3.8) is 0 Å². The lowest BCUT2D eigenvalue weighted by atomic mass is 9.77. The van der Waals surface area contributed by atoms with Gasteiger partial charge < -0.3 is 25.3 Å². The molecule has 9 nitrogen and oxygen atoms in total. The quantitative estimate of drug-likeness (QED) is 0.564. The van der Waals surface area contributed by atoms with E-state index in [1.165, 1.54) is 25.9 Å². The van der Waals surface area contributed by atoms with Crippen molar-refractivity contribution in [3.8, 4) is 0 Å². The number of rotatable bonds is 4. The Morgan fingerprint density at radius 1 is 1.12 bits per heavy atom. The Morgan fingerprint density at radius 3 is 2.08 bits per heavy atom. The van der Waals surface area contributed by atoms with Gasteiger partial charge in [0.15, 0.2) is 12.2 Å². The minimum atomic E-state index is -2.27. The van der Waals surface area contributed by atoms with Crippen LogP contribution in [0.4, 0.5) is 0 Å². The van der Waals surface area contributed by atoms with Crippen LogP contribution in [-0.4, -0.2) is 79.1 Å². The molecule has 2 bridgehead atoms. The molecule has 2 unspecified atom stereocenters. The molecule has 3 aliphatic rings. The zero-order valence-electron chi connectivity index (χ0n) is 13.3. The van der Waals surface area contributed by atoms with Gasteiger partial charge in [0.1, 0.15) is 5.15 Å². The molecule has 0 spiro atoms. The van der Waals surface area contributed by atoms with Crippen molar-refractivity contribution in [2.24, 2.45) is 5.92 Å². The second kappa shape index (κ2) is 8.52. The van der Waals surface area contributed by atoms with Crippen LogP contribution in [-0.2, 0) is 9.59 Å². The number of nitrogens with zero attached hydrogens (tertiary/aromatic N) is 3. The normalized spacial score (nSPS) is 26.9. The predicted molar refractivity (Wildman–Crippen MR) is 86.2 cm³/mol. The average Bonchev–Trinajstić information content (AvgIpc) is 2.61. The minimum Gasteiger partial charge on any atom is -0.479 e. The van der Waals surface area contributed by atoms with Crippen LogP contribution < -0.4 is 0 Å². The molecule has 3 fully saturated rings. The zero-order chi connectivity index (χ0) is 18.6. The van der Waals surface area contributed by atoms with Gasteiger partial charge in [0.05, 0.1) is 11.9 Å². The Hall–Kier alpha value is -1.81. The second-order valence-electron chi connectivity index (χ2n) is 6.08. The van der Waals surface area contributed by atoms with E-state index in [1.807, 2.05) is 6.20 Å². The van der Waals surface area contributed by atoms with Crippen molar-refractivity contribution in [1.82, 2.24) is 14.9 Å². The lowest BCUT2D eigenvalue weighted by Crippen LogP contribution is -2.46. The van der Waals surface area contributed by atoms with Crippen molar-refractivity contribution in [1.29, 1.82) is 0 Å².